The third-order valence-electron chi connectivity index (χ3n) is 4.05. The molecule has 0 aromatic heterocycles. The molecule has 0 spiro atoms. The first-order valence-corrected chi connectivity index (χ1v) is 8.51. The summed E-state index contributed by atoms with van der Waals surface area (Å²) in [5, 5.41) is 11.7. The van der Waals surface area contributed by atoms with E-state index >= 15 is 0 Å². The molecule has 0 saturated carbocycles. The molecule has 0 atom stereocenters. The van der Waals surface area contributed by atoms with Crippen LogP contribution >= 0.6 is 11.6 Å². The van der Waals surface area contributed by atoms with Crippen LogP contribution in [-0.4, -0.2) is 60.3 Å². The lowest BCUT2D eigenvalue weighted by atomic mass is 10.0. The van der Waals surface area contributed by atoms with Gasteiger partial charge in [0.25, 0.3) is 5.91 Å². The van der Waals surface area contributed by atoms with Crippen LogP contribution in [0.15, 0.2) is 12.1 Å². The van der Waals surface area contributed by atoms with Gasteiger partial charge in [-0.15, -0.1) is 0 Å². The van der Waals surface area contributed by atoms with Crippen LogP contribution in [0.4, 0.5) is 18.9 Å². The van der Waals surface area contributed by atoms with E-state index in [1.165, 1.54) is 12.1 Å². The molecule has 2 rings (SSSR count). The standard InChI is InChI=1S/C16H19ClF3N3O4/c17-11-7-10(13(8-12(11)21)27-6-5-24)14(25)22-9-1-3-23(4-2-9)15(26)16(18,19)20/h7-9,24H,1-6,21H2,(H,22,25). The van der Waals surface area contributed by atoms with Crippen LogP contribution in [0.1, 0.15) is 23.2 Å². The summed E-state index contributed by atoms with van der Waals surface area (Å²) in [4.78, 5) is 24.5. The van der Waals surface area contributed by atoms with Crippen molar-refractivity contribution >= 4 is 29.1 Å². The van der Waals surface area contributed by atoms with Gasteiger partial charge in [-0.25, -0.2) is 0 Å². The first-order valence-electron chi connectivity index (χ1n) is 8.13. The maximum atomic E-state index is 12.5. The molecular weight excluding hydrogens is 391 g/mol. The molecule has 4 N–H and O–H groups in total. The molecule has 1 aliphatic heterocycles. The Balaban J connectivity index is 2.02. The van der Waals surface area contributed by atoms with E-state index in [-0.39, 0.29) is 61.2 Å². The summed E-state index contributed by atoms with van der Waals surface area (Å²) in [5.74, 6) is -2.28. The number of piperidine rings is 1. The van der Waals surface area contributed by atoms with Gasteiger partial charge in [0.15, 0.2) is 0 Å². The molecule has 0 radical (unpaired) electrons. The summed E-state index contributed by atoms with van der Waals surface area (Å²) < 4.78 is 42.7. The fraction of sp³-hybridized carbons (Fsp3) is 0.500. The number of rotatable bonds is 5. The van der Waals surface area contributed by atoms with Gasteiger partial charge < -0.3 is 25.8 Å². The Kier molecular flexibility index (Phi) is 6.77. The number of carbonyl (C=O) groups excluding carboxylic acids is 2. The van der Waals surface area contributed by atoms with Crippen molar-refractivity contribution in [1.29, 1.82) is 0 Å². The number of benzene rings is 1. The molecule has 7 nitrogen and oxygen atoms in total. The molecule has 11 heteroatoms. The van der Waals surface area contributed by atoms with E-state index in [0.29, 0.717) is 0 Å². The molecule has 2 amide bonds. The van der Waals surface area contributed by atoms with E-state index in [0.717, 1.165) is 4.90 Å². The lowest BCUT2D eigenvalue weighted by Gasteiger charge is -2.32. The Morgan fingerprint density at radius 1 is 1.33 bits per heavy atom. The van der Waals surface area contributed by atoms with Gasteiger partial charge in [-0.05, 0) is 18.9 Å². The number of anilines is 1. The molecule has 1 heterocycles. The van der Waals surface area contributed by atoms with Crippen LogP contribution in [0.2, 0.25) is 5.02 Å². The number of nitrogen functional groups attached to an aromatic ring is 1. The van der Waals surface area contributed by atoms with Crippen LogP contribution in [0.5, 0.6) is 5.75 Å². The highest BCUT2D eigenvalue weighted by molar-refractivity contribution is 6.33. The Morgan fingerprint density at radius 3 is 2.52 bits per heavy atom. The van der Waals surface area contributed by atoms with Gasteiger partial charge in [0, 0.05) is 25.2 Å². The number of hydrogen-bond donors (Lipinski definition) is 3. The van der Waals surface area contributed by atoms with E-state index in [4.69, 9.17) is 27.2 Å². The summed E-state index contributed by atoms with van der Waals surface area (Å²) >= 11 is 5.94. The number of hydrogen-bond acceptors (Lipinski definition) is 5. The van der Waals surface area contributed by atoms with Gasteiger partial charge in [0.1, 0.15) is 12.4 Å². The van der Waals surface area contributed by atoms with Crippen molar-refractivity contribution in [2.45, 2.75) is 25.1 Å². The fourth-order valence-corrected chi connectivity index (χ4v) is 2.85. The first-order chi connectivity index (χ1) is 12.6. The zero-order valence-electron chi connectivity index (χ0n) is 14.2. The summed E-state index contributed by atoms with van der Waals surface area (Å²) in [6.45, 7) is -0.548. The van der Waals surface area contributed by atoms with E-state index < -0.39 is 24.0 Å². The Bertz CT molecular complexity index is 707. The van der Waals surface area contributed by atoms with Crippen molar-refractivity contribution in [3.8, 4) is 5.75 Å². The second kappa shape index (κ2) is 8.66. The number of likely N-dealkylation sites (tertiary alicyclic amines) is 1. The average molecular weight is 410 g/mol. The average Bonchev–Trinajstić information content (AvgIpc) is 2.61. The highest BCUT2D eigenvalue weighted by Gasteiger charge is 2.43. The second-order valence-corrected chi connectivity index (χ2v) is 6.39. The van der Waals surface area contributed by atoms with Gasteiger partial charge in [-0.2, -0.15) is 13.2 Å². The number of halogens is 4. The highest BCUT2D eigenvalue weighted by atomic mass is 35.5. The topological polar surface area (TPSA) is 105 Å². The normalized spacial score (nSPS) is 15.5. The Labute approximate surface area is 158 Å². The molecule has 1 saturated heterocycles. The third-order valence-corrected chi connectivity index (χ3v) is 4.38. The molecule has 1 aliphatic rings. The lowest BCUT2D eigenvalue weighted by Crippen LogP contribution is -2.50. The monoisotopic (exact) mass is 409 g/mol. The van der Waals surface area contributed by atoms with E-state index in [2.05, 4.69) is 5.32 Å². The molecule has 27 heavy (non-hydrogen) atoms. The molecule has 0 unspecified atom stereocenters. The summed E-state index contributed by atoms with van der Waals surface area (Å²) in [6.07, 6.45) is -4.54. The van der Waals surface area contributed by atoms with Crippen molar-refractivity contribution in [1.82, 2.24) is 10.2 Å². The minimum Gasteiger partial charge on any atom is -0.490 e. The molecule has 0 bridgehead atoms. The van der Waals surface area contributed by atoms with Crippen molar-refractivity contribution in [3.63, 3.8) is 0 Å². The quantitative estimate of drug-likeness (QED) is 0.640. The van der Waals surface area contributed by atoms with Crippen LogP contribution < -0.4 is 15.8 Å². The summed E-state index contributed by atoms with van der Waals surface area (Å²) in [6, 6.07) is 2.27. The predicted molar refractivity (Wildman–Crippen MR) is 91.6 cm³/mol. The first kappa shape index (κ1) is 21.1. The fourth-order valence-electron chi connectivity index (χ4n) is 2.69. The lowest BCUT2D eigenvalue weighted by molar-refractivity contribution is -0.186. The number of ether oxygens (including phenoxy) is 1. The SMILES string of the molecule is Nc1cc(OCCO)c(C(=O)NC2CCN(C(=O)C(F)(F)F)CC2)cc1Cl. The summed E-state index contributed by atoms with van der Waals surface area (Å²) in [7, 11) is 0. The maximum absolute atomic E-state index is 12.5. The van der Waals surface area contributed by atoms with Gasteiger partial charge in [0.2, 0.25) is 0 Å². The maximum Gasteiger partial charge on any atom is 0.471 e. The van der Waals surface area contributed by atoms with E-state index in [1.54, 1.807) is 0 Å². The van der Waals surface area contributed by atoms with Crippen LogP contribution in [0, 0.1) is 0 Å². The molecule has 150 valence electrons. The van der Waals surface area contributed by atoms with Gasteiger partial charge >= 0.3 is 12.1 Å². The molecule has 0 aliphatic carbocycles. The summed E-state index contributed by atoms with van der Waals surface area (Å²) in [5.41, 5.74) is 5.98. The smallest absolute Gasteiger partial charge is 0.471 e. The van der Waals surface area contributed by atoms with Crippen LogP contribution in [0.3, 0.4) is 0 Å². The van der Waals surface area contributed by atoms with Crippen molar-refractivity contribution in [3.05, 3.63) is 22.7 Å². The zero-order valence-corrected chi connectivity index (χ0v) is 14.9. The van der Waals surface area contributed by atoms with Crippen molar-refractivity contribution in [2.24, 2.45) is 0 Å². The minimum atomic E-state index is -4.91. The minimum absolute atomic E-state index is 0.0563. The number of nitrogens with two attached hydrogens (primary N) is 1. The number of nitrogens with one attached hydrogen (secondary N) is 1. The van der Waals surface area contributed by atoms with E-state index in [1.807, 2.05) is 0 Å². The number of amides is 2. The van der Waals surface area contributed by atoms with Gasteiger partial charge in [-0.3, -0.25) is 9.59 Å². The third kappa shape index (κ3) is 5.39. The molecule has 1 aromatic rings. The second-order valence-electron chi connectivity index (χ2n) is 5.98. The van der Waals surface area contributed by atoms with Crippen molar-refractivity contribution in [2.75, 3.05) is 32.0 Å². The Morgan fingerprint density at radius 2 is 1.96 bits per heavy atom. The van der Waals surface area contributed by atoms with Crippen LogP contribution in [-0.2, 0) is 4.79 Å². The molecular formula is C16H19ClF3N3O4. The number of aliphatic hydroxyl groups is 1. The molecule has 1 aromatic carbocycles. The van der Waals surface area contributed by atoms with E-state index in [9.17, 15) is 22.8 Å². The number of nitrogens with zero attached hydrogens (tertiary/aromatic N) is 1. The van der Waals surface area contributed by atoms with Gasteiger partial charge in [0.05, 0.1) is 22.9 Å². The molecule has 1 fully saturated rings. The number of alkyl halides is 3. The highest BCUT2D eigenvalue weighted by Crippen LogP contribution is 2.29. The number of carbonyl (C=O) groups is 2. The zero-order chi connectivity index (χ0) is 20.2. The predicted octanol–water partition coefficient (Wildman–Crippen LogP) is 1.58. The largest absolute Gasteiger partial charge is 0.490 e. The van der Waals surface area contributed by atoms with Crippen molar-refractivity contribution < 1.29 is 32.6 Å². The number of aliphatic hydroxyl groups excluding tert-OH is 1. The van der Waals surface area contributed by atoms with Crippen LogP contribution in [0.25, 0.3) is 0 Å². The Hall–Kier alpha value is -2.20. The van der Waals surface area contributed by atoms with Gasteiger partial charge in [-0.1, -0.05) is 11.6 Å².